The third-order valence-electron chi connectivity index (χ3n) is 4.78. The highest BCUT2D eigenvalue weighted by molar-refractivity contribution is 5.73. The van der Waals surface area contributed by atoms with Crippen LogP contribution in [0.25, 0.3) is 0 Å². The largest absolute Gasteiger partial charge is 0.394 e. The van der Waals surface area contributed by atoms with Crippen molar-refractivity contribution in [2.45, 2.75) is 68.3 Å². The Morgan fingerprint density at radius 3 is 2.18 bits per heavy atom. The lowest BCUT2D eigenvalue weighted by Crippen LogP contribution is -2.67. The molecule has 6 N–H and O–H groups in total. The Hall–Kier alpha value is -0.930. The molecule has 0 aromatic carbocycles. The summed E-state index contributed by atoms with van der Waals surface area (Å²) in [4.78, 5) is 11.5. The molecule has 1 unspecified atom stereocenters. The van der Waals surface area contributed by atoms with E-state index in [1.54, 1.807) is 0 Å². The molecule has 0 saturated carbocycles. The summed E-state index contributed by atoms with van der Waals surface area (Å²) < 4.78 is 26.4. The smallest absolute Gasteiger partial charge is 0.217 e. The minimum Gasteiger partial charge on any atom is -0.394 e. The van der Waals surface area contributed by atoms with E-state index in [2.05, 4.69) is 5.32 Å². The van der Waals surface area contributed by atoms with Crippen molar-refractivity contribution in [3.8, 4) is 0 Å². The normalized spacial score (nSPS) is 44.3. The number of hydrogen-bond acceptors (Lipinski definition) is 11. The molecule has 28 heavy (non-hydrogen) atoms. The fourth-order valence-corrected chi connectivity index (χ4v) is 3.38. The van der Waals surface area contributed by atoms with Gasteiger partial charge < -0.3 is 54.5 Å². The van der Waals surface area contributed by atoms with Gasteiger partial charge in [0.05, 0.1) is 13.2 Å². The number of amides is 1. The summed E-state index contributed by atoms with van der Waals surface area (Å²) in [6, 6.07) is -1.18. The van der Waals surface area contributed by atoms with Crippen LogP contribution in [0.2, 0.25) is 0 Å². The van der Waals surface area contributed by atoms with Crippen LogP contribution >= 0.6 is 0 Å². The van der Waals surface area contributed by atoms with E-state index in [0.717, 1.165) is 0 Å². The van der Waals surface area contributed by atoms with Crippen molar-refractivity contribution in [3.05, 3.63) is 0 Å². The van der Waals surface area contributed by atoms with Gasteiger partial charge in [0.25, 0.3) is 0 Å². The molecule has 12 nitrogen and oxygen atoms in total. The van der Waals surface area contributed by atoms with Gasteiger partial charge in [-0.2, -0.15) is 0 Å². The number of aliphatic hydroxyl groups excluding tert-OH is 5. The predicted molar refractivity (Wildman–Crippen MR) is 89.8 cm³/mol. The quantitative estimate of drug-likeness (QED) is 0.241. The van der Waals surface area contributed by atoms with Crippen molar-refractivity contribution in [1.82, 2.24) is 5.32 Å². The highest BCUT2D eigenvalue weighted by Gasteiger charge is 2.51. The third-order valence-corrected chi connectivity index (χ3v) is 4.78. The maximum Gasteiger partial charge on any atom is 0.217 e. The Morgan fingerprint density at radius 1 is 1.00 bits per heavy atom. The van der Waals surface area contributed by atoms with E-state index in [4.69, 9.17) is 23.7 Å². The first-order valence-corrected chi connectivity index (χ1v) is 8.83. The molecule has 2 aliphatic rings. The zero-order valence-corrected chi connectivity index (χ0v) is 15.9. The molecule has 2 fully saturated rings. The molecule has 0 aromatic heterocycles. The highest BCUT2D eigenvalue weighted by Crippen LogP contribution is 2.29. The Balaban J connectivity index is 2.24. The first-order chi connectivity index (χ1) is 13.2. The van der Waals surface area contributed by atoms with E-state index in [1.807, 2.05) is 0 Å². The van der Waals surface area contributed by atoms with Gasteiger partial charge in [0.2, 0.25) is 5.91 Å². The number of carbonyl (C=O) groups is 1. The van der Waals surface area contributed by atoms with Crippen LogP contribution in [-0.2, 0) is 28.5 Å². The van der Waals surface area contributed by atoms with Gasteiger partial charge in [-0.15, -0.1) is 0 Å². The molecule has 10 atom stereocenters. The number of nitrogens with one attached hydrogen (secondary N) is 1. The number of hydrogen-bond donors (Lipinski definition) is 6. The van der Waals surface area contributed by atoms with Crippen LogP contribution in [0.15, 0.2) is 0 Å². The Labute approximate surface area is 161 Å². The van der Waals surface area contributed by atoms with Crippen LogP contribution in [0.3, 0.4) is 0 Å². The van der Waals surface area contributed by atoms with Crippen LogP contribution in [0, 0.1) is 0 Å². The second kappa shape index (κ2) is 10.2. The average molecular weight is 411 g/mol. The van der Waals surface area contributed by atoms with Crippen molar-refractivity contribution in [2.24, 2.45) is 0 Å². The first kappa shape index (κ1) is 23.3. The molecule has 164 valence electrons. The summed E-state index contributed by atoms with van der Waals surface area (Å²) in [6.07, 6.45) is -11.6. The van der Waals surface area contributed by atoms with E-state index < -0.39 is 73.9 Å². The van der Waals surface area contributed by atoms with Crippen molar-refractivity contribution >= 4 is 5.91 Å². The van der Waals surface area contributed by atoms with Crippen LogP contribution < -0.4 is 5.32 Å². The minimum absolute atomic E-state index is 0.0718. The lowest BCUT2D eigenvalue weighted by atomic mass is 9.95. The van der Waals surface area contributed by atoms with E-state index in [0.29, 0.717) is 0 Å². The number of methoxy groups -OCH3 is 2. The van der Waals surface area contributed by atoms with Crippen molar-refractivity contribution < 1.29 is 54.0 Å². The van der Waals surface area contributed by atoms with Gasteiger partial charge >= 0.3 is 0 Å². The van der Waals surface area contributed by atoms with Crippen LogP contribution in [0.4, 0.5) is 0 Å². The maximum atomic E-state index is 11.5. The number of aliphatic hydroxyl groups is 5. The van der Waals surface area contributed by atoms with Gasteiger partial charge in [0.1, 0.15) is 48.8 Å². The number of rotatable bonds is 7. The molecular weight excluding hydrogens is 382 g/mol. The van der Waals surface area contributed by atoms with Crippen molar-refractivity contribution in [1.29, 1.82) is 0 Å². The zero-order valence-electron chi connectivity index (χ0n) is 15.9. The summed E-state index contributed by atoms with van der Waals surface area (Å²) in [7, 11) is 2.64. The SMILES string of the molecule is COC[C@H]1OC(O)[C@H](NC(C)=O)[C@@H](O[C@@H]2O[C@H](CO)[C@H](O)[C@H](OC)[C@H]2O)[C@H]1O. The molecule has 2 aliphatic heterocycles. The molecule has 2 rings (SSSR count). The molecule has 0 radical (unpaired) electrons. The lowest BCUT2D eigenvalue weighted by molar-refractivity contribution is -0.343. The van der Waals surface area contributed by atoms with Crippen LogP contribution in [-0.4, -0.2) is 120 Å². The van der Waals surface area contributed by atoms with E-state index in [-0.39, 0.29) is 6.61 Å². The third kappa shape index (κ3) is 4.97. The van der Waals surface area contributed by atoms with Gasteiger partial charge in [-0.05, 0) is 0 Å². The summed E-state index contributed by atoms with van der Waals surface area (Å²) in [5.74, 6) is -0.512. The van der Waals surface area contributed by atoms with Gasteiger partial charge in [-0.25, -0.2) is 0 Å². The summed E-state index contributed by atoms with van der Waals surface area (Å²) in [6.45, 7) is 0.564. The fourth-order valence-electron chi connectivity index (χ4n) is 3.38. The average Bonchev–Trinajstić information content (AvgIpc) is 2.64. The number of carbonyl (C=O) groups excluding carboxylic acids is 1. The standard InChI is InChI=1S/C16H29NO11/c1-6(19)17-9-13(11(21)8(5-24-2)26-15(9)23)28-16-12(22)14(25-3)10(20)7(4-18)27-16/h7-16,18,20-23H,4-5H2,1-3H3,(H,17,19)/t7-,8-,9-,10+,11+,12-,13-,14+,15?,16+/m1/s1. The van der Waals surface area contributed by atoms with Gasteiger partial charge in [0, 0.05) is 21.1 Å². The fraction of sp³-hybridized carbons (Fsp3) is 0.938. The Morgan fingerprint density at radius 2 is 1.64 bits per heavy atom. The molecule has 2 heterocycles. The molecule has 1 amide bonds. The highest BCUT2D eigenvalue weighted by atomic mass is 16.7. The molecular formula is C16H29NO11. The molecule has 0 aromatic rings. The Bertz CT molecular complexity index is 509. The minimum atomic E-state index is -1.53. The lowest BCUT2D eigenvalue weighted by Gasteiger charge is -2.47. The second-order valence-corrected chi connectivity index (χ2v) is 6.75. The predicted octanol–water partition coefficient (Wildman–Crippen LogP) is -3.95. The summed E-state index contributed by atoms with van der Waals surface area (Å²) in [5.41, 5.74) is 0. The van der Waals surface area contributed by atoms with E-state index in [9.17, 15) is 30.3 Å². The molecule has 0 aliphatic carbocycles. The molecule has 0 spiro atoms. The van der Waals surface area contributed by atoms with Crippen LogP contribution in [0.1, 0.15) is 6.92 Å². The molecule has 12 heteroatoms. The van der Waals surface area contributed by atoms with Crippen molar-refractivity contribution in [2.75, 3.05) is 27.4 Å². The van der Waals surface area contributed by atoms with E-state index >= 15 is 0 Å². The molecule has 2 saturated heterocycles. The summed E-state index contributed by atoms with van der Waals surface area (Å²) >= 11 is 0. The summed E-state index contributed by atoms with van der Waals surface area (Å²) in [5, 5.41) is 53.2. The zero-order chi connectivity index (χ0) is 21.0. The van der Waals surface area contributed by atoms with Gasteiger partial charge in [0.15, 0.2) is 12.6 Å². The Kier molecular flexibility index (Phi) is 8.51. The van der Waals surface area contributed by atoms with Gasteiger partial charge in [-0.1, -0.05) is 0 Å². The second-order valence-electron chi connectivity index (χ2n) is 6.75. The topological polar surface area (TPSA) is 176 Å². The number of ether oxygens (including phenoxy) is 5. The van der Waals surface area contributed by atoms with Crippen LogP contribution in [0.5, 0.6) is 0 Å². The van der Waals surface area contributed by atoms with E-state index in [1.165, 1.54) is 21.1 Å². The molecule has 0 bridgehead atoms. The monoisotopic (exact) mass is 411 g/mol. The van der Waals surface area contributed by atoms with Crippen molar-refractivity contribution in [3.63, 3.8) is 0 Å². The maximum absolute atomic E-state index is 11.5. The first-order valence-electron chi connectivity index (χ1n) is 8.83. The van der Waals surface area contributed by atoms with Gasteiger partial charge in [-0.3, -0.25) is 4.79 Å².